The van der Waals surface area contributed by atoms with Crippen LogP contribution in [0.2, 0.25) is 0 Å². The molecule has 1 fully saturated rings. The summed E-state index contributed by atoms with van der Waals surface area (Å²) in [6.07, 6.45) is 2.71. The highest BCUT2D eigenvalue weighted by Crippen LogP contribution is 2.28. The van der Waals surface area contributed by atoms with Crippen LogP contribution in [0.1, 0.15) is 19.8 Å². The predicted molar refractivity (Wildman–Crippen MR) is 77.3 cm³/mol. The fraction of sp³-hybridized carbons (Fsp3) is 0.538. The van der Waals surface area contributed by atoms with E-state index >= 15 is 0 Å². The van der Waals surface area contributed by atoms with Gasteiger partial charge in [0.25, 0.3) is 0 Å². The van der Waals surface area contributed by atoms with E-state index < -0.39 is 0 Å². The molecular weight excluding hydrogens is 278 g/mol. The van der Waals surface area contributed by atoms with Gasteiger partial charge in [0.1, 0.15) is 0 Å². The first-order valence-corrected chi connectivity index (χ1v) is 6.88. The fourth-order valence-electron chi connectivity index (χ4n) is 1.92. The van der Waals surface area contributed by atoms with Gasteiger partial charge in [-0.15, -0.1) is 0 Å². The molecule has 2 rings (SSSR count). The largest absolute Gasteiger partial charge is 0.399 e. The van der Waals surface area contributed by atoms with E-state index in [1.165, 1.54) is 12.8 Å². The van der Waals surface area contributed by atoms with Gasteiger partial charge in [-0.1, -0.05) is 0 Å². The van der Waals surface area contributed by atoms with Crippen LogP contribution in [0.25, 0.3) is 0 Å². The monoisotopic (exact) mass is 297 g/mol. The molecule has 0 bridgehead atoms. The number of likely N-dealkylation sites (N-methyl/N-ethyl adjacent to an activating group) is 1. The number of anilines is 2. The quantitative estimate of drug-likeness (QED) is 0.821. The third-order valence-corrected chi connectivity index (χ3v) is 4.06. The lowest BCUT2D eigenvalue weighted by molar-refractivity contribution is 0.257. The summed E-state index contributed by atoms with van der Waals surface area (Å²) in [5.74, 6) is 0. The lowest BCUT2D eigenvalue weighted by Crippen LogP contribution is -2.36. The zero-order valence-corrected chi connectivity index (χ0v) is 12.0. The minimum Gasteiger partial charge on any atom is -0.399 e. The molecule has 0 aromatic heterocycles. The molecule has 1 aromatic carbocycles. The van der Waals surface area contributed by atoms with E-state index in [9.17, 15) is 0 Å². The minimum absolute atomic E-state index is 0.548. The molecule has 1 atom stereocenters. The number of nitrogen functional groups attached to an aromatic ring is 1. The SMILES string of the molecule is CC(CNc1ccc(N)cc1Br)N(C)C1CC1. The number of nitrogens with one attached hydrogen (secondary N) is 1. The van der Waals surface area contributed by atoms with Crippen LogP contribution in [0.3, 0.4) is 0 Å². The van der Waals surface area contributed by atoms with Crippen LogP contribution in [0.5, 0.6) is 0 Å². The van der Waals surface area contributed by atoms with Crippen LogP contribution >= 0.6 is 15.9 Å². The van der Waals surface area contributed by atoms with Gasteiger partial charge in [-0.2, -0.15) is 0 Å². The van der Waals surface area contributed by atoms with Gasteiger partial charge in [-0.25, -0.2) is 0 Å². The van der Waals surface area contributed by atoms with Crippen LogP contribution in [-0.4, -0.2) is 30.6 Å². The van der Waals surface area contributed by atoms with Crippen molar-refractivity contribution in [2.75, 3.05) is 24.6 Å². The Labute approximate surface area is 111 Å². The number of benzene rings is 1. The van der Waals surface area contributed by atoms with E-state index in [2.05, 4.69) is 40.1 Å². The highest BCUT2D eigenvalue weighted by atomic mass is 79.9. The summed E-state index contributed by atoms with van der Waals surface area (Å²) in [6, 6.07) is 7.22. The Kier molecular flexibility index (Phi) is 3.94. The molecule has 1 unspecified atom stereocenters. The number of hydrogen-bond donors (Lipinski definition) is 2. The first kappa shape index (κ1) is 12.7. The van der Waals surface area contributed by atoms with Crippen LogP contribution in [0.4, 0.5) is 11.4 Å². The van der Waals surface area contributed by atoms with Crippen molar-refractivity contribution >= 4 is 27.3 Å². The molecular formula is C13H20BrN3. The Bertz CT molecular complexity index is 390. The van der Waals surface area contributed by atoms with Crippen molar-refractivity contribution in [3.05, 3.63) is 22.7 Å². The first-order chi connectivity index (χ1) is 8.08. The molecule has 3 N–H and O–H groups in total. The van der Waals surface area contributed by atoms with Crippen molar-refractivity contribution in [1.29, 1.82) is 0 Å². The second-order valence-electron chi connectivity index (χ2n) is 4.87. The van der Waals surface area contributed by atoms with Gasteiger partial charge in [-0.3, -0.25) is 4.90 Å². The Morgan fingerprint density at radius 3 is 2.82 bits per heavy atom. The third kappa shape index (κ3) is 3.36. The Balaban J connectivity index is 1.88. The fourth-order valence-corrected chi connectivity index (χ4v) is 2.45. The van der Waals surface area contributed by atoms with E-state index in [1.54, 1.807) is 0 Å². The maximum Gasteiger partial charge on any atom is 0.0486 e. The average molecular weight is 298 g/mol. The second kappa shape index (κ2) is 5.27. The van der Waals surface area contributed by atoms with Crippen molar-refractivity contribution in [2.45, 2.75) is 31.8 Å². The summed E-state index contributed by atoms with van der Waals surface area (Å²) in [6.45, 7) is 3.21. The predicted octanol–water partition coefficient (Wildman–Crippen LogP) is 2.93. The molecule has 0 aliphatic heterocycles. The normalized spacial score (nSPS) is 17.2. The van der Waals surface area contributed by atoms with Crippen LogP contribution in [0, 0.1) is 0 Å². The molecule has 94 valence electrons. The molecule has 0 amide bonds. The van der Waals surface area contributed by atoms with E-state index in [0.717, 1.165) is 28.4 Å². The molecule has 1 aliphatic carbocycles. The average Bonchev–Trinajstić information content (AvgIpc) is 3.10. The van der Waals surface area contributed by atoms with Crippen molar-refractivity contribution in [3.63, 3.8) is 0 Å². The smallest absolute Gasteiger partial charge is 0.0486 e. The van der Waals surface area contributed by atoms with E-state index in [4.69, 9.17) is 5.73 Å². The standard InChI is InChI=1S/C13H20BrN3/c1-9(17(2)11-4-5-11)8-16-13-6-3-10(15)7-12(13)14/h3,6-7,9,11,16H,4-5,8,15H2,1-2H3. The third-order valence-electron chi connectivity index (χ3n) is 3.40. The summed E-state index contributed by atoms with van der Waals surface area (Å²) < 4.78 is 1.03. The Morgan fingerprint density at radius 1 is 1.53 bits per heavy atom. The summed E-state index contributed by atoms with van der Waals surface area (Å²) in [7, 11) is 2.21. The molecule has 0 saturated heterocycles. The molecule has 1 aliphatic rings. The summed E-state index contributed by atoms with van der Waals surface area (Å²) in [4.78, 5) is 2.46. The highest BCUT2D eigenvalue weighted by Gasteiger charge is 2.28. The Morgan fingerprint density at radius 2 is 2.24 bits per heavy atom. The van der Waals surface area contributed by atoms with E-state index in [-0.39, 0.29) is 0 Å². The number of rotatable bonds is 5. The van der Waals surface area contributed by atoms with Crippen molar-refractivity contribution < 1.29 is 0 Å². The molecule has 0 heterocycles. The van der Waals surface area contributed by atoms with Gasteiger partial charge in [0.05, 0.1) is 0 Å². The molecule has 0 radical (unpaired) electrons. The second-order valence-corrected chi connectivity index (χ2v) is 5.72. The summed E-state index contributed by atoms with van der Waals surface area (Å²) >= 11 is 3.52. The van der Waals surface area contributed by atoms with Gasteiger partial charge in [-0.05, 0) is 60.9 Å². The first-order valence-electron chi connectivity index (χ1n) is 6.08. The summed E-state index contributed by atoms with van der Waals surface area (Å²) in [5, 5.41) is 3.46. The van der Waals surface area contributed by atoms with Gasteiger partial charge < -0.3 is 11.1 Å². The number of halogens is 1. The van der Waals surface area contributed by atoms with Gasteiger partial charge in [0.15, 0.2) is 0 Å². The number of nitrogens with zero attached hydrogens (tertiary/aromatic N) is 1. The van der Waals surface area contributed by atoms with Gasteiger partial charge in [0, 0.05) is 34.5 Å². The number of hydrogen-bond acceptors (Lipinski definition) is 3. The van der Waals surface area contributed by atoms with Crippen LogP contribution in [-0.2, 0) is 0 Å². The van der Waals surface area contributed by atoms with Crippen molar-refractivity contribution in [2.24, 2.45) is 0 Å². The van der Waals surface area contributed by atoms with Crippen LogP contribution < -0.4 is 11.1 Å². The lowest BCUT2D eigenvalue weighted by atomic mass is 10.2. The van der Waals surface area contributed by atoms with Gasteiger partial charge in [0.2, 0.25) is 0 Å². The molecule has 1 aromatic rings. The van der Waals surface area contributed by atoms with E-state index in [0.29, 0.717) is 6.04 Å². The lowest BCUT2D eigenvalue weighted by Gasteiger charge is -2.25. The molecule has 1 saturated carbocycles. The maximum absolute atomic E-state index is 5.71. The zero-order valence-electron chi connectivity index (χ0n) is 10.4. The molecule has 4 heteroatoms. The zero-order chi connectivity index (χ0) is 12.4. The van der Waals surface area contributed by atoms with Gasteiger partial charge >= 0.3 is 0 Å². The number of nitrogens with two attached hydrogens (primary N) is 1. The Hall–Kier alpha value is -0.740. The topological polar surface area (TPSA) is 41.3 Å². The van der Waals surface area contributed by atoms with Crippen molar-refractivity contribution in [3.8, 4) is 0 Å². The molecule has 17 heavy (non-hydrogen) atoms. The minimum atomic E-state index is 0.548. The molecule has 0 spiro atoms. The molecule has 3 nitrogen and oxygen atoms in total. The maximum atomic E-state index is 5.71. The van der Waals surface area contributed by atoms with Crippen LogP contribution in [0.15, 0.2) is 22.7 Å². The van der Waals surface area contributed by atoms with E-state index in [1.807, 2.05) is 18.2 Å². The summed E-state index contributed by atoms with van der Waals surface area (Å²) in [5.41, 5.74) is 7.60. The highest BCUT2D eigenvalue weighted by molar-refractivity contribution is 9.10. The van der Waals surface area contributed by atoms with Crippen molar-refractivity contribution in [1.82, 2.24) is 4.90 Å².